The second-order valence-electron chi connectivity index (χ2n) is 4.60. The number of hydrogen-bond acceptors (Lipinski definition) is 8. The number of nitrogens with two attached hydrogens (primary N) is 1. The Balaban J connectivity index is 2.12. The first-order valence-electron chi connectivity index (χ1n) is 6.48. The molecule has 3 N–H and O–H groups in total. The van der Waals surface area contributed by atoms with Crippen molar-refractivity contribution in [2.45, 2.75) is 18.8 Å². The predicted octanol–water partition coefficient (Wildman–Crippen LogP) is -0.412. The van der Waals surface area contributed by atoms with E-state index in [1.807, 2.05) is 10.3 Å². The minimum absolute atomic E-state index is 0.0776. The summed E-state index contributed by atoms with van der Waals surface area (Å²) in [7, 11) is -3.16. The molecule has 1 aliphatic rings. The summed E-state index contributed by atoms with van der Waals surface area (Å²) in [6, 6.07) is 1.47. The highest BCUT2D eigenvalue weighted by atomic mass is 32.2. The molecule has 118 valence electrons. The maximum absolute atomic E-state index is 12.1. The average molecular weight is 334 g/mol. The minimum atomic E-state index is -3.16. The third kappa shape index (κ3) is 3.76. The lowest BCUT2D eigenvalue weighted by Gasteiger charge is -2.33. The molecule has 0 aliphatic carbocycles. The van der Waals surface area contributed by atoms with Crippen molar-refractivity contribution in [3.8, 4) is 0 Å². The van der Waals surface area contributed by atoms with Gasteiger partial charge in [0.1, 0.15) is 5.37 Å². The van der Waals surface area contributed by atoms with Crippen LogP contribution in [-0.2, 0) is 16.4 Å². The van der Waals surface area contributed by atoms with E-state index in [0.717, 1.165) is 5.75 Å². The largest absolute Gasteiger partial charge is 0.359 e. The number of hydrogen-bond donors (Lipinski definition) is 2. The van der Waals surface area contributed by atoms with Gasteiger partial charge in [-0.1, -0.05) is 12.1 Å². The van der Waals surface area contributed by atoms with Crippen LogP contribution in [0.25, 0.3) is 0 Å². The van der Waals surface area contributed by atoms with E-state index in [1.165, 1.54) is 6.07 Å². The highest BCUT2D eigenvalue weighted by Gasteiger charge is 2.33. The van der Waals surface area contributed by atoms with Gasteiger partial charge in [-0.3, -0.25) is 15.1 Å². The lowest BCUT2D eigenvalue weighted by atomic mass is 10.3. The van der Waals surface area contributed by atoms with Gasteiger partial charge in [-0.15, -0.1) is 0 Å². The maximum Gasteiger partial charge on any atom is 0.287 e. The van der Waals surface area contributed by atoms with Gasteiger partial charge in [-0.2, -0.15) is 11.8 Å². The standard InChI is InChI=1S/C11H18N4O4S2/c1-2-21(17,18)10-7-20-4-3-15(10)6-8-5-9(14-19-8)11(16)13-12/h5,10H,2-4,6-7,12H2,1H3,(H,13,16). The lowest BCUT2D eigenvalue weighted by molar-refractivity contribution is 0.0944. The quantitative estimate of drug-likeness (QED) is 0.424. The van der Waals surface area contributed by atoms with Crippen LogP contribution in [0.15, 0.2) is 10.6 Å². The molecule has 0 bridgehead atoms. The Labute approximate surface area is 127 Å². The Bertz CT molecular complexity index is 601. The molecule has 1 aromatic rings. The van der Waals surface area contributed by atoms with E-state index in [4.69, 9.17) is 10.4 Å². The van der Waals surface area contributed by atoms with Crippen LogP contribution in [0.1, 0.15) is 23.2 Å². The first-order chi connectivity index (χ1) is 9.97. The molecule has 1 aromatic heterocycles. The van der Waals surface area contributed by atoms with Gasteiger partial charge in [0.05, 0.1) is 6.54 Å². The van der Waals surface area contributed by atoms with Crippen molar-refractivity contribution >= 4 is 27.5 Å². The number of hydrazine groups is 1. The summed E-state index contributed by atoms with van der Waals surface area (Å²) in [6.45, 7) is 2.59. The van der Waals surface area contributed by atoms with Crippen LogP contribution >= 0.6 is 11.8 Å². The van der Waals surface area contributed by atoms with Gasteiger partial charge in [0.2, 0.25) is 0 Å². The van der Waals surface area contributed by atoms with Crippen LogP contribution in [0.3, 0.4) is 0 Å². The first-order valence-corrected chi connectivity index (χ1v) is 9.35. The number of nitrogen functional groups attached to an aromatic ring is 1. The van der Waals surface area contributed by atoms with Crippen LogP contribution in [0.4, 0.5) is 0 Å². The molecule has 1 unspecified atom stereocenters. The Kier molecular flexibility index (Phi) is 5.25. The van der Waals surface area contributed by atoms with Crippen molar-refractivity contribution in [3.05, 3.63) is 17.5 Å². The number of rotatable bonds is 5. The molecule has 1 aliphatic heterocycles. The fourth-order valence-electron chi connectivity index (χ4n) is 2.09. The normalized spacial score (nSPS) is 20.4. The molecule has 1 amide bonds. The summed E-state index contributed by atoms with van der Waals surface area (Å²) in [6.07, 6.45) is 0. The Morgan fingerprint density at radius 1 is 1.67 bits per heavy atom. The molecule has 1 fully saturated rings. The Morgan fingerprint density at radius 2 is 2.43 bits per heavy atom. The summed E-state index contributed by atoms with van der Waals surface area (Å²) in [5, 5.41) is 3.08. The molecule has 0 saturated carbocycles. The molecule has 10 heteroatoms. The molecular formula is C11H18N4O4S2. The third-order valence-electron chi connectivity index (χ3n) is 3.29. The van der Waals surface area contributed by atoms with Crippen molar-refractivity contribution in [3.63, 3.8) is 0 Å². The van der Waals surface area contributed by atoms with Crippen LogP contribution < -0.4 is 11.3 Å². The fraction of sp³-hybridized carbons (Fsp3) is 0.636. The molecule has 1 saturated heterocycles. The molecular weight excluding hydrogens is 316 g/mol. The minimum Gasteiger partial charge on any atom is -0.359 e. The third-order valence-corrected chi connectivity index (χ3v) is 6.62. The van der Waals surface area contributed by atoms with Crippen molar-refractivity contribution in [2.75, 3.05) is 23.8 Å². The second-order valence-corrected chi connectivity index (χ2v) is 8.20. The fourth-order valence-corrected chi connectivity index (χ4v) is 5.17. The van der Waals surface area contributed by atoms with Gasteiger partial charge < -0.3 is 4.52 Å². The van der Waals surface area contributed by atoms with Gasteiger partial charge in [-0.25, -0.2) is 14.3 Å². The average Bonchev–Trinajstić information content (AvgIpc) is 2.95. The van der Waals surface area contributed by atoms with E-state index in [1.54, 1.807) is 18.7 Å². The Hall–Kier alpha value is -1.10. The van der Waals surface area contributed by atoms with Crippen molar-refractivity contribution < 1.29 is 17.7 Å². The summed E-state index contributed by atoms with van der Waals surface area (Å²) >= 11 is 1.63. The summed E-state index contributed by atoms with van der Waals surface area (Å²) in [4.78, 5) is 13.2. The van der Waals surface area contributed by atoms with Gasteiger partial charge in [0.15, 0.2) is 21.3 Å². The summed E-state index contributed by atoms with van der Waals surface area (Å²) in [5.74, 6) is 6.42. The maximum atomic E-state index is 12.1. The lowest BCUT2D eigenvalue weighted by Crippen LogP contribution is -2.47. The number of nitrogens with one attached hydrogen (secondary N) is 1. The van der Waals surface area contributed by atoms with E-state index in [0.29, 0.717) is 24.6 Å². The summed E-state index contributed by atoms with van der Waals surface area (Å²) < 4.78 is 29.3. The van der Waals surface area contributed by atoms with Crippen LogP contribution in [0.2, 0.25) is 0 Å². The van der Waals surface area contributed by atoms with Crippen molar-refractivity contribution in [1.29, 1.82) is 0 Å². The highest BCUT2D eigenvalue weighted by Crippen LogP contribution is 2.23. The number of amides is 1. The van der Waals surface area contributed by atoms with Crippen molar-refractivity contribution in [2.24, 2.45) is 5.84 Å². The SMILES string of the molecule is CCS(=O)(=O)C1CSCCN1Cc1cc(C(=O)NN)no1. The molecule has 0 aromatic carbocycles. The van der Waals surface area contributed by atoms with E-state index < -0.39 is 21.1 Å². The Morgan fingerprint density at radius 3 is 3.10 bits per heavy atom. The number of nitrogens with zero attached hydrogens (tertiary/aromatic N) is 2. The number of aromatic nitrogens is 1. The molecule has 2 heterocycles. The highest BCUT2D eigenvalue weighted by molar-refractivity contribution is 8.01. The zero-order valence-corrected chi connectivity index (χ0v) is 13.2. The molecule has 1 atom stereocenters. The monoisotopic (exact) mass is 334 g/mol. The van der Waals surface area contributed by atoms with Crippen LogP contribution in [0, 0.1) is 0 Å². The van der Waals surface area contributed by atoms with Crippen molar-refractivity contribution in [1.82, 2.24) is 15.5 Å². The topological polar surface area (TPSA) is 119 Å². The molecule has 21 heavy (non-hydrogen) atoms. The first kappa shape index (κ1) is 16.3. The predicted molar refractivity (Wildman–Crippen MR) is 79.1 cm³/mol. The van der Waals surface area contributed by atoms with E-state index in [-0.39, 0.29) is 11.4 Å². The number of carbonyl (C=O) groups excluding carboxylic acids is 1. The molecule has 2 rings (SSSR count). The molecule has 0 radical (unpaired) electrons. The summed E-state index contributed by atoms with van der Waals surface area (Å²) in [5.41, 5.74) is 2.04. The van der Waals surface area contributed by atoms with Crippen LogP contribution in [0.5, 0.6) is 0 Å². The molecule has 0 spiro atoms. The zero-order chi connectivity index (χ0) is 15.5. The van der Waals surface area contributed by atoms with Gasteiger partial charge in [0.25, 0.3) is 5.91 Å². The molecule has 8 nitrogen and oxygen atoms in total. The number of sulfone groups is 1. The van der Waals surface area contributed by atoms with E-state index in [9.17, 15) is 13.2 Å². The number of thioether (sulfide) groups is 1. The van der Waals surface area contributed by atoms with Gasteiger partial charge >= 0.3 is 0 Å². The van der Waals surface area contributed by atoms with Crippen LogP contribution in [-0.4, -0.2) is 53.6 Å². The number of carbonyl (C=O) groups is 1. The second kappa shape index (κ2) is 6.77. The van der Waals surface area contributed by atoms with E-state index >= 15 is 0 Å². The smallest absolute Gasteiger partial charge is 0.287 e. The zero-order valence-electron chi connectivity index (χ0n) is 11.6. The van der Waals surface area contributed by atoms with Gasteiger partial charge in [-0.05, 0) is 0 Å². The van der Waals surface area contributed by atoms with Gasteiger partial charge in [0, 0.05) is 29.9 Å². The van der Waals surface area contributed by atoms with E-state index in [2.05, 4.69) is 5.16 Å².